The number of phenolic OH excluding ortho intramolecular Hbond substituents is 1. The highest BCUT2D eigenvalue weighted by Crippen LogP contribution is 2.47. The van der Waals surface area contributed by atoms with E-state index in [0.717, 1.165) is 0 Å². The molecule has 1 N–H and O–H groups in total. The van der Waals surface area contributed by atoms with Crippen LogP contribution in [0.5, 0.6) is 17.2 Å². The van der Waals surface area contributed by atoms with Crippen LogP contribution in [0.2, 0.25) is 0 Å². The molecule has 3 rings (SSSR count). The summed E-state index contributed by atoms with van der Waals surface area (Å²) in [5.74, 6) is -1.56. The van der Waals surface area contributed by atoms with Gasteiger partial charge < -0.3 is 19.3 Å². The van der Waals surface area contributed by atoms with Gasteiger partial charge in [-0.25, -0.2) is 4.79 Å². The monoisotopic (exact) mass is 370 g/mol. The number of aromatic hydroxyl groups is 1. The van der Waals surface area contributed by atoms with E-state index in [2.05, 4.69) is 4.74 Å². The number of carbonyl (C=O) groups excluding carboxylic acids is 3. The molecule has 0 amide bonds. The zero-order valence-electron chi connectivity index (χ0n) is 14.9. The third-order valence-electron chi connectivity index (χ3n) is 4.37. The van der Waals surface area contributed by atoms with Crippen LogP contribution in [0.25, 0.3) is 0 Å². The van der Waals surface area contributed by atoms with Gasteiger partial charge in [0.15, 0.2) is 12.4 Å². The largest absolute Gasteiger partial charge is 0.507 e. The minimum atomic E-state index is -0.589. The maximum atomic E-state index is 12.1. The molecule has 0 aliphatic carbocycles. The number of para-hydroxylation sites is 1. The molecule has 140 valence electrons. The molecule has 0 fully saturated rings. The molecule has 7 heteroatoms. The summed E-state index contributed by atoms with van der Waals surface area (Å²) in [6, 6.07) is 9.79. The number of methoxy groups -OCH3 is 1. The number of benzene rings is 2. The normalized spacial score (nSPS) is 15.5. The van der Waals surface area contributed by atoms with Crippen LogP contribution < -0.4 is 9.47 Å². The Labute approximate surface area is 155 Å². The quantitative estimate of drug-likeness (QED) is 0.491. The van der Waals surface area contributed by atoms with Crippen LogP contribution in [0.15, 0.2) is 36.4 Å². The molecular weight excluding hydrogens is 352 g/mol. The number of rotatable bonds is 5. The van der Waals surface area contributed by atoms with Gasteiger partial charge in [0, 0.05) is 17.0 Å². The van der Waals surface area contributed by atoms with E-state index < -0.39 is 17.9 Å². The van der Waals surface area contributed by atoms with Gasteiger partial charge in [-0.05, 0) is 25.1 Å². The summed E-state index contributed by atoms with van der Waals surface area (Å²) in [4.78, 5) is 35.3. The van der Waals surface area contributed by atoms with E-state index in [1.165, 1.54) is 26.2 Å². The van der Waals surface area contributed by atoms with E-state index in [1.807, 2.05) is 0 Å². The highest BCUT2D eigenvalue weighted by atomic mass is 16.6. The molecule has 1 aliphatic heterocycles. The van der Waals surface area contributed by atoms with Gasteiger partial charge >= 0.3 is 11.9 Å². The van der Waals surface area contributed by atoms with Crippen molar-refractivity contribution in [3.8, 4) is 17.2 Å². The van der Waals surface area contributed by atoms with Crippen molar-refractivity contribution in [2.45, 2.75) is 19.3 Å². The van der Waals surface area contributed by atoms with E-state index >= 15 is 0 Å². The highest BCUT2D eigenvalue weighted by molar-refractivity contribution is 5.98. The van der Waals surface area contributed by atoms with Gasteiger partial charge in [-0.1, -0.05) is 18.2 Å². The van der Waals surface area contributed by atoms with Gasteiger partial charge in [0.05, 0.1) is 19.1 Å². The molecule has 0 spiro atoms. The Morgan fingerprint density at radius 3 is 2.67 bits per heavy atom. The van der Waals surface area contributed by atoms with E-state index in [1.54, 1.807) is 24.3 Å². The first-order chi connectivity index (χ1) is 12.9. The van der Waals surface area contributed by atoms with Crippen molar-refractivity contribution >= 4 is 17.7 Å². The Bertz CT molecular complexity index is 917. The fourth-order valence-electron chi connectivity index (χ4n) is 3.09. The molecule has 2 aromatic carbocycles. The Morgan fingerprint density at radius 1 is 1.22 bits per heavy atom. The number of ether oxygens (including phenoxy) is 3. The Hall–Kier alpha value is -3.35. The molecule has 7 nitrogen and oxygen atoms in total. The number of ketones is 1. The molecule has 0 radical (unpaired) electrons. The molecule has 1 atom stereocenters. The van der Waals surface area contributed by atoms with Crippen LogP contribution in [0.3, 0.4) is 0 Å². The van der Waals surface area contributed by atoms with Crippen LogP contribution in [0.4, 0.5) is 0 Å². The third-order valence-corrected chi connectivity index (χ3v) is 4.37. The number of hydrogen-bond acceptors (Lipinski definition) is 7. The summed E-state index contributed by atoms with van der Waals surface area (Å²) in [5, 5.41) is 10.6. The number of phenols is 1. The second kappa shape index (κ2) is 7.49. The predicted molar refractivity (Wildman–Crippen MR) is 94.2 cm³/mol. The second-order valence-electron chi connectivity index (χ2n) is 6.06. The lowest BCUT2D eigenvalue weighted by molar-refractivity contribution is -0.143. The predicted octanol–water partition coefficient (Wildman–Crippen LogP) is 2.59. The maximum Gasteiger partial charge on any atom is 0.343 e. The Balaban J connectivity index is 2.09. The van der Waals surface area contributed by atoms with E-state index in [0.29, 0.717) is 16.9 Å². The van der Waals surface area contributed by atoms with E-state index in [-0.39, 0.29) is 35.9 Å². The fourth-order valence-corrected chi connectivity index (χ4v) is 3.09. The van der Waals surface area contributed by atoms with Crippen molar-refractivity contribution in [3.05, 3.63) is 53.1 Å². The minimum Gasteiger partial charge on any atom is -0.507 e. The van der Waals surface area contributed by atoms with Crippen LogP contribution >= 0.6 is 0 Å². The summed E-state index contributed by atoms with van der Waals surface area (Å²) < 4.78 is 15.3. The molecule has 0 aromatic heterocycles. The summed E-state index contributed by atoms with van der Waals surface area (Å²) in [5.41, 5.74) is 1.08. The first-order valence-electron chi connectivity index (χ1n) is 8.28. The van der Waals surface area contributed by atoms with Crippen molar-refractivity contribution < 1.29 is 33.7 Å². The molecule has 1 aliphatic rings. The lowest BCUT2D eigenvalue weighted by atomic mass is 9.84. The highest BCUT2D eigenvalue weighted by Gasteiger charge is 2.34. The van der Waals surface area contributed by atoms with Crippen molar-refractivity contribution in [1.82, 2.24) is 0 Å². The first-order valence-corrected chi connectivity index (χ1v) is 8.28. The van der Waals surface area contributed by atoms with Crippen molar-refractivity contribution in [1.29, 1.82) is 0 Å². The van der Waals surface area contributed by atoms with Crippen LogP contribution in [-0.4, -0.2) is 36.5 Å². The molecule has 2 aromatic rings. The van der Waals surface area contributed by atoms with Gasteiger partial charge in [-0.3, -0.25) is 9.59 Å². The second-order valence-corrected chi connectivity index (χ2v) is 6.06. The number of hydrogen-bond donors (Lipinski definition) is 1. The topological polar surface area (TPSA) is 99.1 Å². The average molecular weight is 370 g/mol. The molecule has 1 unspecified atom stereocenters. The van der Waals surface area contributed by atoms with Gasteiger partial charge in [0.1, 0.15) is 17.2 Å². The van der Waals surface area contributed by atoms with Crippen LogP contribution in [0, 0.1) is 0 Å². The van der Waals surface area contributed by atoms with Crippen molar-refractivity contribution in [2.75, 3.05) is 13.7 Å². The SMILES string of the molecule is COC(=O)COc1ccccc1C1CC(=O)Oc2ccc(C(C)=O)c(O)c21. The van der Waals surface area contributed by atoms with Crippen LogP contribution in [-0.2, 0) is 14.3 Å². The van der Waals surface area contributed by atoms with Crippen molar-refractivity contribution in [2.24, 2.45) is 0 Å². The third kappa shape index (κ3) is 3.62. The van der Waals surface area contributed by atoms with Gasteiger partial charge in [0.25, 0.3) is 0 Å². The van der Waals surface area contributed by atoms with Gasteiger partial charge in [0.2, 0.25) is 0 Å². The zero-order chi connectivity index (χ0) is 19.6. The average Bonchev–Trinajstić information content (AvgIpc) is 2.65. The molecule has 0 saturated heterocycles. The van der Waals surface area contributed by atoms with Crippen LogP contribution in [0.1, 0.15) is 40.7 Å². The standard InChI is InChI=1S/C20H18O7/c1-11(21)12-7-8-16-19(20(12)24)14(9-17(22)27-16)13-5-3-4-6-15(13)26-10-18(23)25-2/h3-8,14,24H,9-10H2,1-2H3. The first kappa shape index (κ1) is 18.4. The smallest absolute Gasteiger partial charge is 0.343 e. The Morgan fingerprint density at radius 2 is 1.96 bits per heavy atom. The summed E-state index contributed by atoms with van der Waals surface area (Å²) in [7, 11) is 1.26. The molecule has 0 bridgehead atoms. The Kier molecular flexibility index (Phi) is 5.12. The van der Waals surface area contributed by atoms with E-state index in [4.69, 9.17) is 9.47 Å². The maximum absolute atomic E-state index is 12.1. The summed E-state index contributed by atoms with van der Waals surface area (Å²) in [6.45, 7) is 1.05. The molecule has 0 saturated carbocycles. The van der Waals surface area contributed by atoms with E-state index in [9.17, 15) is 19.5 Å². The lowest BCUT2D eigenvalue weighted by Crippen LogP contribution is -2.22. The van der Waals surface area contributed by atoms with Gasteiger partial charge in [-0.2, -0.15) is 0 Å². The number of carbonyl (C=O) groups is 3. The number of Topliss-reactive ketones (excluding diaryl/α,β-unsaturated/α-hetero) is 1. The lowest BCUT2D eigenvalue weighted by Gasteiger charge is -2.27. The number of fused-ring (bicyclic) bond motifs is 1. The molecule has 1 heterocycles. The molecule has 27 heavy (non-hydrogen) atoms. The fraction of sp³-hybridized carbons (Fsp3) is 0.250. The van der Waals surface area contributed by atoms with Gasteiger partial charge in [-0.15, -0.1) is 0 Å². The minimum absolute atomic E-state index is 0.0412. The van der Waals surface area contributed by atoms with Crippen molar-refractivity contribution in [3.63, 3.8) is 0 Å². The summed E-state index contributed by atoms with van der Waals surface area (Å²) in [6.07, 6.45) is -0.0412. The zero-order valence-corrected chi connectivity index (χ0v) is 14.9. The summed E-state index contributed by atoms with van der Waals surface area (Å²) >= 11 is 0. The number of esters is 2. The molecular formula is C20H18O7.